The Bertz CT molecular complexity index is 752. The standard InChI is InChI=1S/C15H17N3S2/c1-10-13(18-6-8-20-15(18)16-10)9-17-5-3-14-12(11(17)2)4-7-19-14/h4,6-8,11H,3,5,9H2,1-2H3/t11-/m1/s1. The van der Waals surface area contributed by atoms with E-state index in [1.165, 1.54) is 23.4 Å². The maximum absolute atomic E-state index is 4.65. The Labute approximate surface area is 126 Å². The van der Waals surface area contributed by atoms with E-state index >= 15 is 0 Å². The molecule has 0 amide bonds. The lowest BCUT2D eigenvalue weighted by Gasteiger charge is -2.33. The minimum atomic E-state index is 0.508. The van der Waals surface area contributed by atoms with Gasteiger partial charge in [0.15, 0.2) is 4.96 Å². The fourth-order valence-electron chi connectivity index (χ4n) is 3.10. The van der Waals surface area contributed by atoms with Crippen molar-refractivity contribution < 1.29 is 0 Å². The summed E-state index contributed by atoms with van der Waals surface area (Å²) in [4.78, 5) is 9.91. The van der Waals surface area contributed by atoms with E-state index in [1.54, 1.807) is 16.2 Å². The normalized spacial score (nSPS) is 19.6. The maximum Gasteiger partial charge on any atom is 0.194 e. The third-order valence-electron chi connectivity index (χ3n) is 4.32. The maximum atomic E-state index is 4.65. The summed E-state index contributed by atoms with van der Waals surface area (Å²) in [6, 6.07) is 2.80. The van der Waals surface area contributed by atoms with Crippen LogP contribution in [0.25, 0.3) is 4.96 Å². The topological polar surface area (TPSA) is 20.5 Å². The molecular formula is C15H17N3S2. The Hall–Kier alpha value is -1.17. The van der Waals surface area contributed by atoms with E-state index in [9.17, 15) is 0 Å². The number of hydrogen-bond donors (Lipinski definition) is 0. The highest BCUT2D eigenvalue weighted by atomic mass is 32.1. The first-order valence-corrected chi connectivity index (χ1v) is 8.71. The number of nitrogens with zero attached hydrogens (tertiary/aromatic N) is 3. The molecule has 0 saturated heterocycles. The van der Waals surface area contributed by atoms with Crippen LogP contribution in [0.1, 0.15) is 34.8 Å². The summed E-state index contributed by atoms with van der Waals surface area (Å²) in [5, 5.41) is 4.34. The third kappa shape index (κ3) is 1.84. The molecule has 0 N–H and O–H groups in total. The van der Waals surface area contributed by atoms with Crippen LogP contribution in [0.3, 0.4) is 0 Å². The average molecular weight is 303 g/mol. The zero-order chi connectivity index (χ0) is 13.7. The second-order valence-electron chi connectivity index (χ2n) is 5.40. The number of aryl methyl sites for hydroxylation is 1. The highest BCUT2D eigenvalue weighted by Crippen LogP contribution is 2.34. The van der Waals surface area contributed by atoms with E-state index in [1.807, 2.05) is 11.3 Å². The second-order valence-corrected chi connectivity index (χ2v) is 7.27. The van der Waals surface area contributed by atoms with Gasteiger partial charge in [0, 0.05) is 35.6 Å². The van der Waals surface area contributed by atoms with Crippen molar-refractivity contribution in [1.82, 2.24) is 14.3 Å². The van der Waals surface area contributed by atoms with Crippen molar-refractivity contribution in [3.05, 3.63) is 44.9 Å². The molecule has 1 aliphatic heterocycles. The highest BCUT2D eigenvalue weighted by molar-refractivity contribution is 7.15. The van der Waals surface area contributed by atoms with Gasteiger partial charge < -0.3 is 0 Å². The molecule has 3 aromatic rings. The Morgan fingerprint density at radius 2 is 2.25 bits per heavy atom. The zero-order valence-electron chi connectivity index (χ0n) is 11.7. The fourth-order valence-corrected chi connectivity index (χ4v) is 4.84. The fraction of sp³-hybridized carbons (Fsp3) is 0.400. The summed E-state index contributed by atoms with van der Waals surface area (Å²) in [5.74, 6) is 0. The van der Waals surface area contributed by atoms with Crippen LogP contribution in [0.15, 0.2) is 23.0 Å². The molecule has 0 aliphatic carbocycles. The molecule has 0 bridgehead atoms. The van der Waals surface area contributed by atoms with Crippen molar-refractivity contribution in [3.8, 4) is 0 Å². The summed E-state index contributed by atoms with van der Waals surface area (Å²) < 4.78 is 2.25. The Morgan fingerprint density at radius 1 is 1.35 bits per heavy atom. The van der Waals surface area contributed by atoms with Gasteiger partial charge in [-0.15, -0.1) is 22.7 Å². The van der Waals surface area contributed by atoms with E-state index < -0.39 is 0 Å². The lowest BCUT2D eigenvalue weighted by Crippen LogP contribution is -2.33. The molecule has 0 spiro atoms. The number of thiophene rings is 1. The SMILES string of the molecule is Cc1nc2sccn2c1CN1CCc2sccc2[C@H]1C. The molecule has 1 atom stereocenters. The Morgan fingerprint density at radius 3 is 3.15 bits per heavy atom. The van der Waals surface area contributed by atoms with Gasteiger partial charge in [0.1, 0.15) is 0 Å². The third-order valence-corrected chi connectivity index (χ3v) is 6.07. The quantitative estimate of drug-likeness (QED) is 0.716. The number of aromatic nitrogens is 2. The lowest BCUT2D eigenvalue weighted by atomic mass is 10.0. The average Bonchev–Trinajstić information content (AvgIpc) is 3.11. The minimum absolute atomic E-state index is 0.508. The van der Waals surface area contributed by atoms with Gasteiger partial charge in [-0.05, 0) is 37.3 Å². The first kappa shape index (κ1) is 12.6. The summed E-state index contributed by atoms with van der Waals surface area (Å²) in [6.07, 6.45) is 3.32. The molecule has 0 fully saturated rings. The molecule has 3 aromatic heterocycles. The minimum Gasteiger partial charge on any atom is -0.293 e. The van der Waals surface area contributed by atoms with Crippen LogP contribution in [-0.4, -0.2) is 20.8 Å². The van der Waals surface area contributed by atoms with Gasteiger partial charge in [0.25, 0.3) is 0 Å². The summed E-state index contributed by atoms with van der Waals surface area (Å²) in [6.45, 7) is 6.58. The zero-order valence-corrected chi connectivity index (χ0v) is 13.3. The van der Waals surface area contributed by atoms with E-state index in [0.717, 1.165) is 18.1 Å². The molecule has 3 nitrogen and oxygen atoms in total. The van der Waals surface area contributed by atoms with Crippen molar-refractivity contribution in [3.63, 3.8) is 0 Å². The van der Waals surface area contributed by atoms with Crippen LogP contribution in [0.2, 0.25) is 0 Å². The van der Waals surface area contributed by atoms with Crippen molar-refractivity contribution in [1.29, 1.82) is 0 Å². The molecule has 0 saturated carbocycles. The monoisotopic (exact) mass is 303 g/mol. The number of hydrogen-bond acceptors (Lipinski definition) is 4. The van der Waals surface area contributed by atoms with Crippen molar-refractivity contribution in [2.45, 2.75) is 32.9 Å². The van der Waals surface area contributed by atoms with Crippen molar-refractivity contribution >= 4 is 27.6 Å². The molecular weight excluding hydrogens is 286 g/mol. The highest BCUT2D eigenvalue weighted by Gasteiger charge is 2.26. The Kier molecular flexibility index (Phi) is 2.94. The van der Waals surface area contributed by atoms with Crippen LogP contribution >= 0.6 is 22.7 Å². The second kappa shape index (κ2) is 4.69. The van der Waals surface area contributed by atoms with Gasteiger partial charge in [-0.3, -0.25) is 9.30 Å². The first-order valence-electron chi connectivity index (χ1n) is 6.95. The van der Waals surface area contributed by atoms with Crippen LogP contribution in [0, 0.1) is 6.92 Å². The largest absolute Gasteiger partial charge is 0.293 e. The number of thiazole rings is 1. The summed E-state index contributed by atoms with van der Waals surface area (Å²) in [5.41, 5.74) is 4.02. The van der Waals surface area contributed by atoms with E-state index in [0.29, 0.717) is 6.04 Å². The predicted molar refractivity (Wildman–Crippen MR) is 84.7 cm³/mol. The molecule has 1 aliphatic rings. The molecule has 0 unspecified atom stereocenters. The van der Waals surface area contributed by atoms with E-state index in [4.69, 9.17) is 0 Å². The Balaban J connectivity index is 1.67. The molecule has 20 heavy (non-hydrogen) atoms. The van der Waals surface area contributed by atoms with Gasteiger partial charge in [0.2, 0.25) is 0 Å². The predicted octanol–water partition coefficient (Wildman–Crippen LogP) is 3.89. The van der Waals surface area contributed by atoms with Gasteiger partial charge in [-0.1, -0.05) is 0 Å². The van der Waals surface area contributed by atoms with Crippen LogP contribution in [0.4, 0.5) is 0 Å². The number of fused-ring (bicyclic) bond motifs is 2. The van der Waals surface area contributed by atoms with Crippen molar-refractivity contribution in [2.24, 2.45) is 0 Å². The lowest BCUT2D eigenvalue weighted by molar-refractivity contribution is 0.188. The molecule has 104 valence electrons. The van der Waals surface area contributed by atoms with E-state index in [-0.39, 0.29) is 0 Å². The molecule has 5 heteroatoms. The molecule has 0 radical (unpaired) electrons. The van der Waals surface area contributed by atoms with E-state index in [2.05, 4.69) is 51.2 Å². The van der Waals surface area contributed by atoms with Gasteiger partial charge in [-0.2, -0.15) is 0 Å². The van der Waals surface area contributed by atoms with Crippen molar-refractivity contribution in [2.75, 3.05) is 6.54 Å². The first-order chi connectivity index (χ1) is 9.74. The van der Waals surface area contributed by atoms with Gasteiger partial charge in [-0.25, -0.2) is 4.98 Å². The smallest absolute Gasteiger partial charge is 0.194 e. The van der Waals surface area contributed by atoms with Crippen LogP contribution in [0.5, 0.6) is 0 Å². The molecule has 4 heterocycles. The molecule has 4 rings (SSSR count). The van der Waals surface area contributed by atoms with Crippen LogP contribution in [-0.2, 0) is 13.0 Å². The van der Waals surface area contributed by atoms with Crippen LogP contribution < -0.4 is 0 Å². The molecule has 0 aromatic carbocycles. The van der Waals surface area contributed by atoms with Gasteiger partial charge in [0.05, 0.1) is 11.4 Å². The summed E-state index contributed by atoms with van der Waals surface area (Å²) in [7, 11) is 0. The number of rotatable bonds is 2. The summed E-state index contributed by atoms with van der Waals surface area (Å²) >= 11 is 3.61. The van der Waals surface area contributed by atoms with Gasteiger partial charge >= 0.3 is 0 Å². The number of imidazole rings is 1.